The van der Waals surface area contributed by atoms with E-state index in [1.54, 1.807) is 24.0 Å². The molecule has 1 N–H and O–H groups in total. The first-order valence-electron chi connectivity index (χ1n) is 9.46. The third kappa shape index (κ3) is 5.49. The number of carbonyl (C=O) groups excluding carboxylic acids is 2. The maximum Gasteiger partial charge on any atom is 0.490 e. The molecule has 2 amide bonds. The van der Waals surface area contributed by atoms with E-state index in [9.17, 15) is 22.8 Å². The summed E-state index contributed by atoms with van der Waals surface area (Å²) in [4.78, 5) is 40.0. The van der Waals surface area contributed by atoms with Crippen molar-refractivity contribution >= 4 is 17.8 Å². The summed E-state index contributed by atoms with van der Waals surface area (Å²) in [6.45, 7) is 2.30. The maximum absolute atomic E-state index is 12.8. The summed E-state index contributed by atoms with van der Waals surface area (Å²) < 4.78 is 33.4. The fourth-order valence-corrected chi connectivity index (χ4v) is 3.73. The zero-order valence-corrected chi connectivity index (χ0v) is 17.1. The van der Waals surface area contributed by atoms with Crippen LogP contribution < -0.4 is 0 Å². The zero-order valence-electron chi connectivity index (χ0n) is 17.1. The molecule has 1 aromatic heterocycles. The number of likely N-dealkylation sites (N-methyl/N-ethyl adjacent to an activating group) is 1. The number of aryl methyl sites for hydroxylation is 1. The lowest BCUT2D eigenvalue weighted by molar-refractivity contribution is -0.192. The molecule has 2 saturated heterocycles. The van der Waals surface area contributed by atoms with Crippen molar-refractivity contribution in [1.29, 1.82) is 0 Å². The number of rotatable bonds is 4. The molecule has 3 heterocycles. The third-order valence-electron chi connectivity index (χ3n) is 5.22. The highest BCUT2D eigenvalue weighted by Gasteiger charge is 2.45. The van der Waals surface area contributed by atoms with Crippen LogP contribution >= 0.6 is 0 Å². The SMILES string of the molecule is CN(C)CCN1C(=O)CC[C@@H]2[C@H]1CCN2C(=O)c1ccnn1C.O=C(O)C(F)(F)F. The Hall–Kier alpha value is -2.63. The normalized spacial score (nSPS) is 21.4. The maximum atomic E-state index is 12.8. The van der Waals surface area contributed by atoms with E-state index in [2.05, 4.69) is 10.00 Å². The number of hydrogen-bond donors (Lipinski definition) is 1. The highest BCUT2D eigenvalue weighted by Crippen LogP contribution is 2.32. The van der Waals surface area contributed by atoms with Gasteiger partial charge in [0.15, 0.2) is 0 Å². The average molecular weight is 433 g/mol. The molecule has 0 unspecified atom stereocenters. The molecule has 2 atom stereocenters. The molecule has 2 aliphatic rings. The minimum atomic E-state index is -5.08. The molecule has 9 nitrogen and oxygen atoms in total. The smallest absolute Gasteiger partial charge is 0.475 e. The average Bonchev–Trinajstić information content (AvgIpc) is 3.26. The topological polar surface area (TPSA) is 99.0 Å². The predicted octanol–water partition coefficient (Wildman–Crippen LogP) is 0.820. The molecule has 0 radical (unpaired) electrons. The first-order chi connectivity index (χ1) is 13.9. The van der Waals surface area contributed by atoms with Crippen molar-refractivity contribution in [2.24, 2.45) is 7.05 Å². The minimum Gasteiger partial charge on any atom is -0.475 e. The summed E-state index contributed by atoms with van der Waals surface area (Å²) in [7, 11) is 5.81. The summed E-state index contributed by atoms with van der Waals surface area (Å²) in [5.74, 6) is -2.50. The van der Waals surface area contributed by atoms with E-state index in [1.807, 2.05) is 23.9 Å². The molecule has 168 valence electrons. The van der Waals surface area contributed by atoms with E-state index in [0.29, 0.717) is 18.7 Å². The van der Waals surface area contributed by atoms with E-state index >= 15 is 0 Å². The second-order valence-corrected chi connectivity index (χ2v) is 7.49. The Labute approximate surface area is 172 Å². The molecule has 0 saturated carbocycles. The Kier molecular flexibility index (Phi) is 7.45. The summed E-state index contributed by atoms with van der Waals surface area (Å²) in [5, 5.41) is 11.2. The first-order valence-corrected chi connectivity index (χ1v) is 9.46. The van der Waals surface area contributed by atoms with Crippen molar-refractivity contribution < 1.29 is 32.7 Å². The molecule has 0 bridgehead atoms. The molecule has 30 heavy (non-hydrogen) atoms. The van der Waals surface area contributed by atoms with Crippen LogP contribution in [-0.4, -0.2) is 99.4 Å². The highest BCUT2D eigenvalue weighted by molar-refractivity contribution is 5.93. The van der Waals surface area contributed by atoms with Crippen molar-refractivity contribution in [2.45, 2.75) is 37.5 Å². The van der Waals surface area contributed by atoms with Gasteiger partial charge in [-0.3, -0.25) is 14.3 Å². The van der Waals surface area contributed by atoms with Crippen LogP contribution in [0.2, 0.25) is 0 Å². The van der Waals surface area contributed by atoms with E-state index in [4.69, 9.17) is 9.90 Å². The second kappa shape index (κ2) is 9.45. The Morgan fingerprint density at radius 1 is 1.27 bits per heavy atom. The number of hydrogen-bond acceptors (Lipinski definition) is 5. The van der Waals surface area contributed by atoms with Gasteiger partial charge in [0.1, 0.15) is 5.69 Å². The summed E-state index contributed by atoms with van der Waals surface area (Å²) in [6.07, 6.45) is -1.27. The molecule has 0 spiro atoms. The third-order valence-corrected chi connectivity index (χ3v) is 5.22. The van der Waals surface area contributed by atoms with E-state index in [1.165, 1.54) is 0 Å². The van der Waals surface area contributed by atoms with Crippen LogP contribution in [-0.2, 0) is 16.6 Å². The molecule has 0 aromatic carbocycles. The Balaban J connectivity index is 0.000000396. The molecule has 12 heteroatoms. The number of carboxylic acid groups (broad SMARTS) is 1. The van der Waals surface area contributed by atoms with Gasteiger partial charge in [0.2, 0.25) is 5.91 Å². The fraction of sp³-hybridized carbons (Fsp3) is 0.667. The first kappa shape index (κ1) is 23.6. The summed E-state index contributed by atoms with van der Waals surface area (Å²) in [6, 6.07) is 2.05. The number of nitrogens with zero attached hydrogens (tertiary/aromatic N) is 5. The van der Waals surface area contributed by atoms with Gasteiger partial charge in [-0.1, -0.05) is 0 Å². The van der Waals surface area contributed by atoms with Crippen molar-refractivity contribution in [3.8, 4) is 0 Å². The Morgan fingerprint density at radius 3 is 2.40 bits per heavy atom. The largest absolute Gasteiger partial charge is 0.490 e. The van der Waals surface area contributed by atoms with Gasteiger partial charge in [0.05, 0.1) is 12.1 Å². The number of amides is 2. The Bertz CT molecular complexity index is 780. The van der Waals surface area contributed by atoms with Gasteiger partial charge in [-0.15, -0.1) is 0 Å². The second-order valence-electron chi connectivity index (χ2n) is 7.49. The van der Waals surface area contributed by atoms with Crippen LogP contribution in [0.5, 0.6) is 0 Å². The molecule has 2 aliphatic heterocycles. The molecule has 2 fully saturated rings. The number of piperidine rings is 1. The quantitative estimate of drug-likeness (QED) is 0.755. The predicted molar refractivity (Wildman–Crippen MR) is 99.6 cm³/mol. The van der Waals surface area contributed by atoms with Crippen molar-refractivity contribution in [3.63, 3.8) is 0 Å². The molecule has 1 aromatic rings. The molecular formula is C18H26F3N5O4. The number of aromatic nitrogens is 2. The van der Waals surface area contributed by atoms with Crippen LogP contribution in [0.15, 0.2) is 12.3 Å². The van der Waals surface area contributed by atoms with Crippen LogP contribution in [0, 0.1) is 0 Å². The lowest BCUT2D eigenvalue weighted by Crippen LogP contribution is -2.54. The van der Waals surface area contributed by atoms with Crippen LogP contribution in [0.4, 0.5) is 13.2 Å². The van der Waals surface area contributed by atoms with Crippen molar-refractivity contribution in [1.82, 2.24) is 24.5 Å². The van der Waals surface area contributed by atoms with Gasteiger partial charge in [-0.05, 0) is 33.0 Å². The minimum absolute atomic E-state index is 0.0272. The van der Waals surface area contributed by atoms with Gasteiger partial charge < -0.3 is 19.8 Å². The van der Waals surface area contributed by atoms with Gasteiger partial charge >= 0.3 is 12.1 Å². The van der Waals surface area contributed by atoms with Gasteiger partial charge in [0, 0.05) is 39.3 Å². The van der Waals surface area contributed by atoms with Crippen molar-refractivity contribution in [3.05, 3.63) is 18.0 Å². The number of fused-ring (bicyclic) bond motifs is 1. The van der Waals surface area contributed by atoms with E-state index < -0.39 is 12.1 Å². The lowest BCUT2D eigenvalue weighted by Gasteiger charge is -2.40. The van der Waals surface area contributed by atoms with Crippen molar-refractivity contribution in [2.75, 3.05) is 33.7 Å². The standard InChI is InChI=1S/C16H25N5O2.C2HF3O2/c1-18(2)10-11-20-13-7-9-21(12(13)4-5-15(20)22)16(23)14-6-8-17-19(14)3;3-2(4,5)1(6)7/h6,8,12-13H,4-5,7,9-11H2,1-3H3;(H,6,7)/t12-,13-;/m1./s1. The molecule has 0 aliphatic carbocycles. The van der Waals surface area contributed by atoms with Crippen LogP contribution in [0.3, 0.4) is 0 Å². The molecular weight excluding hydrogens is 407 g/mol. The monoisotopic (exact) mass is 433 g/mol. The summed E-state index contributed by atoms with van der Waals surface area (Å²) >= 11 is 0. The zero-order chi connectivity index (χ0) is 22.6. The van der Waals surface area contributed by atoms with Gasteiger partial charge in [-0.2, -0.15) is 18.3 Å². The number of carboxylic acids is 1. The number of aliphatic carboxylic acids is 1. The highest BCUT2D eigenvalue weighted by atomic mass is 19.4. The Morgan fingerprint density at radius 2 is 1.90 bits per heavy atom. The number of alkyl halides is 3. The number of halogens is 3. The number of carbonyl (C=O) groups is 3. The van der Waals surface area contributed by atoms with Gasteiger partial charge in [0.25, 0.3) is 5.91 Å². The van der Waals surface area contributed by atoms with Gasteiger partial charge in [-0.25, -0.2) is 4.79 Å². The van der Waals surface area contributed by atoms with E-state index in [-0.39, 0.29) is 23.9 Å². The van der Waals surface area contributed by atoms with Crippen LogP contribution in [0.25, 0.3) is 0 Å². The fourth-order valence-electron chi connectivity index (χ4n) is 3.73. The van der Waals surface area contributed by atoms with Crippen LogP contribution in [0.1, 0.15) is 29.8 Å². The molecule has 3 rings (SSSR count). The van der Waals surface area contributed by atoms with E-state index in [0.717, 1.165) is 25.9 Å². The number of likely N-dealkylation sites (tertiary alicyclic amines) is 2. The lowest BCUT2D eigenvalue weighted by atomic mass is 9.96. The summed E-state index contributed by atoms with van der Waals surface area (Å²) in [5.41, 5.74) is 0.613.